The summed E-state index contributed by atoms with van der Waals surface area (Å²) in [6.07, 6.45) is 1.16. The molecule has 0 aliphatic carbocycles. The highest BCUT2D eigenvalue weighted by molar-refractivity contribution is 6.30. The molecule has 0 aromatic heterocycles. The molecule has 2 unspecified atom stereocenters. The quantitative estimate of drug-likeness (QED) is 0.898. The van der Waals surface area contributed by atoms with Gasteiger partial charge >= 0.3 is 0 Å². The average molecular weight is 258 g/mol. The van der Waals surface area contributed by atoms with E-state index in [4.69, 9.17) is 16.3 Å². The van der Waals surface area contributed by atoms with Crippen LogP contribution < -0.4 is 5.32 Å². The summed E-state index contributed by atoms with van der Waals surface area (Å²) in [7, 11) is 0. The molecule has 0 radical (unpaired) electrons. The zero-order chi connectivity index (χ0) is 12.5. The lowest BCUT2D eigenvalue weighted by Crippen LogP contribution is -2.47. The zero-order valence-electron chi connectivity index (χ0n) is 10.1. The second kappa shape index (κ2) is 4.92. The summed E-state index contributed by atoms with van der Waals surface area (Å²) < 4.78 is 18.8. The predicted molar refractivity (Wildman–Crippen MR) is 66.7 cm³/mol. The van der Waals surface area contributed by atoms with Gasteiger partial charge in [0.15, 0.2) is 0 Å². The number of rotatable bonds is 3. The van der Waals surface area contributed by atoms with E-state index in [-0.39, 0.29) is 22.5 Å². The minimum absolute atomic E-state index is 0.0316. The molecule has 2 atom stereocenters. The van der Waals surface area contributed by atoms with E-state index in [1.807, 2.05) is 6.07 Å². The van der Waals surface area contributed by atoms with Crippen molar-refractivity contribution in [1.82, 2.24) is 5.32 Å². The third-order valence-corrected chi connectivity index (χ3v) is 3.87. The Balaban J connectivity index is 2.00. The molecule has 17 heavy (non-hydrogen) atoms. The zero-order valence-corrected chi connectivity index (χ0v) is 10.9. The smallest absolute Gasteiger partial charge is 0.142 e. The molecule has 2 rings (SSSR count). The third kappa shape index (κ3) is 2.79. The van der Waals surface area contributed by atoms with E-state index in [0.29, 0.717) is 6.54 Å². The van der Waals surface area contributed by atoms with Gasteiger partial charge in [0.1, 0.15) is 5.82 Å². The van der Waals surface area contributed by atoms with Gasteiger partial charge in [-0.1, -0.05) is 17.7 Å². The first-order valence-electron chi connectivity index (χ1n) is 5.82. The first-order chi connectivity index (χ1) is 8.01. The summed E-state index contributed by atoms with van der Waals surface area (Å²) in [4.78, 5) is 0. The van der Waals surface area contributed by atoms with Gasteiger partial charge in [-0.15, -0.1) is 0 Å². The molecule has 1 heterocycles. The maximum Gasteiger partial charge on any atom is 0.142 e. The highest BCUT2D eigenvalue weighted by Gasteiger charge is 2.36. The molecular formula is C13H17ClFNO. The Morgan fingerprint density at radius 1 is 1.59 bits per heavy atom. The van der Waals surface area contributed by atoms with E-state index >= 15 is 0 Å². The molecule has 0 amide bonds. The summed E-state index contributed by atoms with van der Waals surface area (Å²) in [6, 6.07) is 4.90. The van der Waals surface area contributed by atoms with Gasteiger partial charge in [-0.05, 0) is 38.0 Å². The van der Waals surface area contributed by atoms with Gasteiger partial charge in [0, 0.05) is 18.7 Å². The van der Waals surface area contributed by atoms with E-state index < -0.39 is 0 Å². The molecule has 4 heteroatoms. The summed E-state index contributed by atoms with van der Waals surface area (Å²) in [5, 5.41) is 3.60. The van der Waals surface area contributed by atoms with Crippen LogP contribution in [0.25, 0.3) is 0 Å². The number of hydrogen-bond acceptors (Lipinski definition) is 2. The van der Waals surface area contributed by atoms with E-state index in [9.17, 15) is 4.39 Å². The molecule has 0 bridgehead atoms. The van der Waals surface area contributed by atoms with Crippen molar-refractivity contribution in [3.05, 3.63) is 34.6 Å². The molecule has 1 aliphatic rings. The van der Waals surface area contributed by atoms with Gasteiger partial charge in [-0.2, -0.15) is 0 Å². The van der Waals surface area contributed by atoms with Gasteiger partial charge in [0.2, 0.25) is 0 Å². The predicted octanol–water partition coefficient (Wildman–Crippen LogP) is 3.14. The number of ether oxygens (including phenoxy) is 1. The monoisotopic (exact) mass is 257 g/mol. The third-order valence-electron chi connectivity index (χ3n) is 3.57. The van der Waals surface area contributed by atoms with Crippen LogP contribution in [0.2, 0.25) is 5.02 Å². The molecule has 1 aliphatic heterocycles. The van der Waals surface area contributed by atoms with E-state index in [1.165, 1.54) is 6.07 Å². The topological polar surface area (TPSA) is 21.3 Å². The van der Waals surface area contributed by atoms with Crippen molar-refractivity contribution in [3.8, 4) is 0 Å². The normalized spacial score (nSPS) is 28.6. The molecule has 0 saturated carbocycles. The summed E-state index contributed by atoms with van der Waals surface area (Å²) in [6.45, 7) is 5.59. The number of benzene rings is 1. The van der Waals surface area contributed by atoms with Gasteiger partial charge in [0.05, 0.1) is 11.1 Å². The van der Waals surface area contributed by atoms with Gasteiger partial charge < -0.3 is 10.1 Å². The molecule has 94 valence electrons. The fraction of sp³-hybridized carbons (Fsp3) is 0.538. The molecule has 1 fully saturated rings. The Bertz CT molecular complexity index is 412. The Morgan fingerprint density at radius 3 is 2.94 bits per heavy atom. The summed E-state index contributed by atoms with van der Waals surface area (Å²) in [5.41, 5.74) is 0.864. The number of halogens is 2. The van der Waals surface area contributed by atoms with Crippen molar-refractivity contribution in [3.63, 3.8) is 0 Å². The summed E-state index contributed by atoms with van der Waals surface area (Å²) in [5.74, 6) is -0.369. The highest BCUT2D eigenvalue weighted by Crippen LogP contribution is 2.25. The molecule has 1 N–H and O–H groups in total. The molecule has 2 nitrogen and oxygen atoms in total. The van der Waals surface area contributed by atoms with Gasteiger partial charge in [-0.3, -0.25) is 0 Å². The highest BCUT2D eigenvalue weighted by atomic mass is 35.5. The lowest BCUT2D eigenvalue weighted by atomic mass is 9.94. The SMILES string of the molecule is CC1OCCC1(C)NCc1ccc(Cl)c(F)c1. The van der Waals surface area contributed by atoms with Crippen molar-refractivity contribution < 1.29 is 9.13 Å². The summed E-state index contributed by atoms with van der Waals surface area (Å²) >= 11 is 5.64. The Labute approximate surface area is 106 Å². The first-order valence-corrected chi connectivity index (χ1v) is 6.20. The fourth-order valence-electron chi connectivity index (χ4n) is 2.02. The van der Waals surface area contributed by atoms with Crippen LogP contribution in [0.15, 0.2) is 18.2 Å². The van der Waals surface area contributed by atoms with Crippen LogP contribution in [0.5, 0.6) is 0 Å². The minimum Gasteiger partial charge on any atom is -0.377 e. The van der Waals surface area contributed by atoms with Crippen molar-refractivity contribution in [2.45, 2.75) is 38.5 Å². The minimum atomic E-state index is -0.369. The molecule has 1 aromatic carbocycles. The first kappa shape index (κ1) is 12.8. The van der Waals surface area contributed by atoms with E-state index in [2.05, 4.69) is 19.2 Å². The van der Waals surface area contributed by atoms with Crippen LogP contribution in [0.4, 0.5) is 4.39 Å². The maximum absolute atomic E-state index is 13.3. The van der Waals surface area contributed by atoms with Crippen molar-refractivity contribution >= 4 is 11.6 Å². The van der Waals surface area contributed by atoms with Crippen LogP contribution in [0.1, 0.15) is 25.8 Å². The standard InChI is InChI=1S/C13H17ClFNO/c1-9-13(2,5-6-17-9)16-8-10-3-4-11(14)12(15)7-10/h3-4,7,9,16H,5-6,8H2,1-2H3. The average Bonchev–Trinajstić information content (AvgIpc) is 2.62. The fourth-order valence-corrected chi connectivity index (χ4v) is 2.14. The van der Waals surface area contributed by atoms with Gasteiger partial charge in [0.25, 0.3) is 0 Å². The molecular weight excluding hydrogens is 241 g/mol. The van der Waals surface area contributed by atoms with Crippen molar-refractivity contribution in [2.24, 2.45) is 0 Å². The lowest BCUT2D eigenvalue weighted by Gasteiger charge is -2.29. The Morgan fingerprint density at radius 2 is 2.35 bits per heavy atom. The van der Waals surface area contributed by atoms with Gasteiger partial charge in [-0.25, -0.2) is 4.39 Å². The Hall–Kier alpha value is -0.640. The van der Waals surface area contributed by atoms with Crippen LogP contribution in [-0.4, -0.2) is 18.2 Å². The second-order valence-corrected chi connectivity index (χ2v) is 5.19. The lowest BCUT2D eigenvalue weighted by molar-refractivity contribution is 0.0881. The molecule has 0 spiro atoms. The van der Waals surface area contributed by atoms with E-state index in [0.717, 1.165) is 18.6 Å². The largest absolute Gasteiger partial charge is 0.377 e. The van der Waals surface area contributed by atoms with Crippen molar-refractivity contribution in [1.29, 1.82) is 0 Å². The maximum atomic E-state index is 13.3. The molecule has 1 aromatic rings. The van der Waals surface area contributed by atoms with E-state index in [1.54, 1.807) is 6.07 Å². The number of hydrogen-bond donors (Lipinski definition) is 1. The van der Waals surface area contributed by atoms with Crippen LogP contribution >= 0.6 is 11.6 Å². The van der Waals surface area contributed by atoms with Crippen LogP contribution in [0.3, 0.4) is 0 Å². The second-order valence-electron chi connectivity index (χ2n) is 4.78. The van der Waals surface area contributed by atoms with Crippen molar-refractivity contribution in [2.75, 3.05) is 6.61 Å². The number of nitrogens with one attached hydrogen (secondary N) is 1. The van der Waals surface area contributed by atoms with Crippen LogP contribution in [0, 0.1) is 5.82 Å². The Kier molecular flexibility index (Phi) is 3.71. The molecule has 1 saturated heterocycles. The van der Waals surface area contributed by atoms with Crippen LogP contribution in [-0.2, 0) is 11.3 Å².